The van der Waals surface area contributed by atoms with E-state index in [2.05, 4.69) is 19.1 Å². The molecule has 1 atom stereocenters. The smallest absolute Gasteiger partial charge is 0.363 e. The minimum absolute atomic E-state index is 0.542. The summed E-state index contributed by atoms with van der Waals surface area (Å²) in [6.45, 7) is 1.17. The minimum atomic E-state index is -3.72. The second-order valence-corrected chi connectivity index (χ2v) is 4.86. The highest BCUT2D eigenvalue weighted by molar-refractivity contribution is 7.55. The van der Waals surface area contributed by atoms with Gasteiger partial charge in [-0.2, -0.15) is 0 Å². The molecule has 88 valence electrons. The highest BCUT2D eigenvalue weighted by atomic mass is 31.2. The van der Waals surface area contributed by atoms with Crippen molar-refractivity contribution < 1.29 is 27.9 Å². The number of methoxy groups -OCH3 is 1. The summed E-state index contributed by atoms with van der Waals surface area (Å²) < 4.78 is 25.4. The van der Waals surface area contributed by atoms with Gasteiger partial charge in [0.2, 0.25) is 11.7 Å². The van der Waals surface area contributed by atoms with Crippen molar-refractivity contribution in [3.8, 4) is 0 Å². The van der Waals surface area contributed by atoms with Gasteiger partial charge < -0.3 is 19.1 Å². The Morgan fingerprint density at radius 3 is 1.93 bits per heavy atom. The van der Waals surface area contributed by atoms with Gasteiger partial charge in [-0.25, -0.2) is 4.79 Å². The predicted molar refractivity (Wildman–Crippen MR) is 51.2 cm³/mol. The summed E-state index contributed by atoms with van der Waals surface area (Å²) in [6.07, 6.45) is 0. The van der Waals surface area contributed by atoms with Gasteiger partial charge in [-0.05, 0) is 0 Å². The fourth-order valence-corrected chi connectivity index (χ4v) is 2.13. The molecule has 0 aliphatic rings. The molecule has 0 unspecified atom stereocenters. The summed E-state index contributed by atoms with van der Waals surface area (Å²) >= 11 is 0. The molecule has 7 nitrogen and oxygen atoms in total. The van der Waals surface area contributed by atoms with E-state index < -0.39 is 25.3 Å². The van der Waals surface area contributed by atoms with Crippen molar-refractivity contribution in [2.24, 2.45) is 0 Å². The largest absolute Gasteiger partial charge is 0.467 e. The SMILES string of the molecule is COC(=O)[C@H](NC(C)=O)P(=O)(OC)OC. The Morgan fingerprint density at radius 1 is 1.20 bits per heavy atom. The average molecular weight is 239 g/mol. The number of hydrogen-bond acceptors (Lipinski definition) is 6. The molecule has 0 aromatic heterocycles. The zero-order chi connectivity index (χ0) is 12.1. The molecule has 0 radical (unpaired) electrons. The van der Waals surface area contributed by atoms with E-state index in [4.69, 9.17) is 0 Å². The molecule has 15 heavy (non-hydrogen) atoms. The van der Waals surface area contributed by atoms with Gasteiger partial charge in [0.25, 0.3) is 0 Å². The lowest BCUT2D eigenvalue weighted by Crippen LogP contribution is -2.40. The number of rotatable bonds is 5. The van der Waals surface area contributed by atoms with Crippen LogP contribution < -0.4 is 5.32 Å². The van der Waals surface area contributed by atoms with Crippen molar-refractivity contribution in [1.82, 2.24) is 5.32 Å². The molecule has 0 saturated carbocycles. The molecule has 0 fully saturated rings. The number of esters is 1. The van der Waals surface area contributed by atoms with E-state index in [0.29, 0.717) is 0 Å². The first-order chi connectivity index (χ1) is 6.91. The lowest BCUT2D eigenvalue weighted by molar-refractivity contribution is -0.142. The third kappa shape index (κ3) is 3.62. The Bertz CT molecular complexity index is 283. The monoisotopic (exact) mass is 239 g/mol. The topological polar surface area (TPSA) is 90.9 Å². The van der Waals surface area contributed by atoms with Crippen molar-refractivity contribution in [2.45, 2.75) is 12.7 Å². The van der Waals surface area contributed by atoms with Gasteiger partial charge in [-0.3, -0.25) is 9.36 Å². The fourth-order valence-electron chi connectivity index (χ4n) is 0.857. The first-order valence-electron chi connectivity index (χ1n) is 3.97. The second kappa shape index (κ2) is 5.85. The van der Waals surface area contributed by atoms with Gasteiger partial charge in [-0.15, -0.1) is 0 Å². The number of hydrogen-bond donors (Lipinski definition) is 1. The molecule has 1 amide bonds. The van der Waals surface area contributed by atoms with E-state index in [9.17, 15) is 14.2 Å². The maximum atomic E-state index is 11.8. The molecule has 0 spiro atoms. The Hall–Kier alpha value is -0.910. The summed E-state index contributed by atoms with van der Waals surface area (Å²) in [4.78, 5) is 22.0. The van der Waals surface area contributed by atoms with Crippen LogP contribution in [-0.2, 0) is 27.9 Å². The van der Waals surface area contributed by atoms with Crippen molar-refractivity contribution in [3.05, 3.63) is 0 Å². The van der Waals surface area contributed by atoms with Gasteiger partial charge >= 0.3 is 13.6 Å². The van der Waals surface area contributed by atoms with E-state index in [1.54, 1.807) is 0 Å². The Morgan fingerprint density at radius 2 is 1.67 bits per heavy atom. The predicted octanol–water partition coefficient (Wildman–Crippen LogP) is 0.107. The lowest BCUT2D eigenvalue weighted by atomic mass is 10.6. The Balaban J connectivity index is 4.99. The highest BCUT2D eigenvalue weighted by Gasteiger charge is 2.41. The van der Waals surface area contributed by atoms with Crippen LogP contribution in [0.3, 0.4) is 0 Å². The Kier molecular flexibility index (Phi) is 5.49. The van der Waals surface area contributed by atoms with Crippen LogP contribution in [0.25, 0.3) is 0 Å². The number of nitrogens with one attached hydrogen (secondary N) is 1. The quantitative estimate of drug-likeness (QED) is 0.540. The normalized spacial score (nSPS) is 13.1. The second-order valence-electron chi connectivity index (χ2n) is 2.53. The molecule has 0 saturated heterocycles. The van der Waals surface area contributed by atoms with Crippen LogP contribution in [0.5, 0.6) is 0 Å². The van der Waals surface area contributed by atoms with Crippen molar-refractivity contribution in [1.29, 1.82) is 0 Å². The van der Waals surface area contributed by atoms with Crippen molar-refractivity contribution >= 4 is 19.5 Å². The molecule has 0 aliphatic carbocycles. The van der Waals surface area contributed by atoms with Crippen LogP contribution in [0.2, 0.25) is 0 Å². The van der Waals surface area contributed by atoms with Crippen molar-refractivity contribution in [3.63, 3.8) is 0 Å². The van der Waals surface area contributed by atoms with Gasteiger partial charge in [0, 0.05) is 21.1 Å². The molecule has 0 aromatic carbocycles. The molecule has 0 aromatic rings. The number of ether oxygens (including phenoxy) is 1. The summed E-state index contributed by atoms with van der Waals surface area (Å²) in [6, 6.07) is 0. The first kappa shape index (κ1) is 14.1. The fraction of sp³-hybridized carbons (Fsp3) is 0.714. The lowest BCUT2D eigenvalue weighted by Gasteiger charge is -2.22. The third-order valence-corrected chi connectivity index (χ3v) is 3.58. The van der Waals surface area contributed by atoms with Crippen LogP contribution in [0, 0.1) is 0 Å². The summed E-state index contributed by atoms with van der Waals surface area (Å²) in [5.74, 6) is -2.88. The van der Waals surface area contributed by atoms with E-state index in [1.807, 2.05) is 0 Å². The maximum absolute atomic E-state index is 11.8. The molecular weight excluding hydrogens is 225 g/mol. The van der Waals surface area contributed by atoms with Crippen LogP contribution >= 0.6 is 7.60 Å². The van der Waals surface area contributed by atoms with Gasteiger partial charge in [0.1, 0.15) is 0 Å². The molecule has 8 heteroatoms. The van der Waals surface area contributed by atoms with Crippen LogP contribution in [0.1, 0.15) is 6.92 Å². The van der Waals surface area contributed by atoms with Gasteiger partial charge in [0.15, 0.2) is 0 Å². The van der Waals surface area contributed by atoms with E-state index >= 15 is 0 Å². The standard InChI is InChI=1S/C7H14NO6P/c1-5(9)8-6(7(10)12-2)15(11,13-3)14-4/h6H,1-4H3,(H,8,9)/t6-/m1/s1. The number of carbonyl (C=O) groups excluding carboxylic acids is 2. The summed E-state index contributed by atoms with van der Waals surface area (Å²) in [5.41, 5.74) is 0. The van der Waals surface area contributed by atoms with Crippen molar-refractivity contribution in [2.75, 3.05) is 21.3 Å². The van der Waals surface area contributed by atoms with Crippen LogP contribution in [0.15, 0.2) is 0 Å². The molecule has 1 N–H and O–H groups in total. The van der Waals surface area contributed by atoms with Crippen LogP contribution in [0.4, 0.5) is 0 Å². The average Bonchev–Trinajstić information content (AvgIpc) is 2.23. The zero-order valence-electron chi connectivity index (χ0n) is 8.97. The molecule has 0 bridgehead atoms. The third-order valence-electron chi connectivity index (χ3n) is 1.59. The summed E-state index contributed by atoms with van der Waals surface area (Å²) in [5, 5.41) is 2.15. The summed E-state index contributed by atoms with van der Waals surface area (Å²) in [7, 11) is -0.394. The number of amides is 1. The van der Waals surface area contributed by atoms with Gasteiger partial charge in [-0.1, -0.05) is 0 Å². The van der Waals surface area contributed by atoms with Gasteiger partial charge in [0.05, 0.1) is 7.11 Å². The highest BCUT2D eigenvalue weighted by Crippen LogP contribution is 2.50. The zero-order valence-corrected chi connectivity index (χ0v) is 9.87. The van der Waals surface area contributed by atoms with E-state index in [1.165, 1.54) is 6.92 Å². The molecule has 0 rings (SSSR count). The molecule has 0 heterocycles. The first-order valence-corrected chi connectivity index (χ1v) is 5.58. The maximum Gasteiger partial charge on any atom is 0.363 e. The molecular formula is C7H14NO6P. The molecule has 0 aliphatic heterocycles. The number of carbonyl (C=O) groups is 2. The Labute approximate surface area is 87.6 Å². The van der Waals surface area contributed by atoms with E-state index in [-0.39, 0.29) is 0 Å². The van der Waals surface area contributed by atoms with Crippen LogP contribution in [-0.4, -0.2) is 39.0 Å². The minimum Gasteiger partial charge on any atom is -0.467 e. The van der Waals surface area contributed by atoms with E-state index in [0.717, 1.165) is 21.3 Å².